The van der Waals surface area contributed by atoms with E-state index in [9.17, 15) is 9.59 Å². The lowest BCUT2D eigenvalue weighted by atomic mass is 10.0. The highest BCUT2D eigenvalue weighted by atomic mass is 16.5. The summed E-state index contributed by atoms with van der Waals surface area (Å²) in [4.78, 5) is 23.4. The number of aliphatic carboxylic acids is 1. The van der Waals surface area contributed by atoms with Gasteiger partial charge in [0, 0.05) is 13.1 Å². The molecule has 0 spiro atoms. The van der Waals surface area contributed by atoms with Crippen molar-refractivity contribution in [1.82, 2.24) is 4.90 Å². The van der Waals surface area contributed by atoms with E-state index in [0.29, 0.717) is 25.9 Å². The van der Waals surface area contributed by atoms with Crippen LogP contribution in [-0.2, 0) is 9.53 Å². The Labute approximate surface area is 82.6 Å². The van der Waals surface area contributed by atoms with Crippen LogP contribution in [0.2, 0.25) is 0 Å². The van der Waals surface area contributed by atoms with Crippen LogP contribution in [0, 0.1) is 5.92 Å². The van der Waals surface area contributed by atoms with E-state index >= 15 is 0 Å². The first-order valence-corrected chi connectivity index (χ1v) is 4.71. The number of carboxylic acid groups (broad SMARTS) is 1. The van der Waals surface area contributed by atoms with Crippen molar-refractivity contribution in [3.8, 4) is 0 Å². The highest BCUT2D eigenvalue weighted by Gasteiger charge is 2.24. The largest absolute Gasteiger partial charge is 0.481 e. The third kappa shape index (κ3) is 2.61. The molecular formula is C9H15NO4. The topological polar surface area (TPSA) is 66.8 Å². The smallest absolute Gasteiger partial charge is 0.409 e. The molecular weight excluding hydrogens is 186 g/mol. The summed E-state index contributed by atoms with van der Waals surface area (Å²) in [6.07, 6.45) is 1.52. The zero-order chi connectivity index (χ0) is 10.6. The third-order valence-corrected chi connectivity index (χ3v) is 2.51. The molecule has 1 fully saturated rings. The van der Waals surface area contributed by atoms with Gasteiger partial charge >= 0.3 is 12.1 Å². The van der Waals surface area contributed by atoms with Crippen molar-refractivity contribution in [2.45, 2.75) is 19.3 Å². The second-order valence-electron chi connectivity index (χ2n) is 3.42. The molecule has 1 saturated heterocycles. The number of ether oxygens (including phenoxy) is 1. The highest BCUT2D eigenvalue weighted by Crippen LogP contribution is 2.17. The maximum Gasteiger partial charge on any atom is 0.409 e. The molecule has 1 aliphatic rings. The molecule has 1 rings (SSSR count). The Morgan fingerprint density at radius 2 is 2.07 bits per heavy atom. The predicted octanol–water partition coefficient (Wildman–Crippen LogP) is 0.940. The van der Waals surface area contributed by atoms with Crippen molar-refractivity contribution in [1.29, 1.82) is 0 Å². The van der Waals surface area contributed by atoms with E-state index < -0.39 is 5.97 Å². The average molecular weight is 201 g/mol. The lowest BCUT2D eigenvalue weighted by molar-refractivity contribution is -0.142. The van der Waals surface area contributed by atoms with Gasteiger partial charge in [-0.3, -0.25) is 4.79 Å². The summed E-state index contributed by atoms with van der Waals surface area (Å²) < 4.78 is 4.58. The molecule has 0 aliphatic carbocycles. The van der Waals surface area contributed by atoms with Crippen LogP contribution in [0.4, 0.5) is 4.79 Å². The molecule has 5 heteroatoms. The number of hydrogen-bond donors (Lipinski definition) is 1. The highest BCUT2D eigenvalue weighted by molar-refractivity contribution is 5.70. The fourth-order valence-corrected chi connectivity index (χ4v) is 1.65. The van der Waals surface area contributed by atoms with Gasteiger partial charge in [-0.2, -0.15) is 0 Å². The Kier molecular flexibility index (Phi) is 3.73. The van der Waals surface area contributed by atoms with E-state index in [1.165, 1.54) is 7.11 Å². The van der Waals surface area contributed by atoms with E-state index in [4.69, 9.17) is 5.11 Å². The molecule has 0 aromatic carbocycles. The number of amides is 1. The Morgan fingerprint density at radius 1 is 1.36 bits per heavy atom. The van der Waals surface area contributed by atoms with E-state index in [2.05, 4.69) is 4.74 Å². The Balaban J connectivity index is 2.48. The molecule has 5 nitrogen and oxygen atoms in total. The molecule has 1 amide bonds. The van der Waals surface area contributed by atoms with Crippen LogP contribution in [0.1, 0.15) is 19.3 Å². The second kappa shape index (κ2) is 4.83. The van der Waals surface area contributed by atoms with Gasteiger partial charge in [0.15, 0.2) is 0 Å². The first kappa shape index (κ1) is 10.8. The van der Waals surface area contributed by atoms with Gasteiger partial charge < -0.3 is 14.7 Å². The summed E-state index contributed by atoms with van der Waals surface area (Å²) in [5, 5.41) is 8.81. The molecule has 1 aliphatic heterocycles. The normalized spacial score (nSPS) is 22.6. The summed E-state index contributed by atoms with van der Waals surface area (Å²) in [5.41, 5.74) is 0. The van der Waals surface area contributed by atoms with Crippen LogP contribution in [0.5, 0.6) is 0 Å². The molecule has 0 aromatic rings. The first-order chi connectivity index (χ1) is 6.65. The molecule has 1 heterocycles. The van der Waals surface area contributed by atoms with Gasteiger partial charge in [-0.1, -0.05) is 0 Å². The van der Waals surface area contributed by atoms with E-state index in [-0.39, 0.29) is 12.0 Å². The molecule has 1 N–H and O–H groups in total. The zero-order valence-electron chi connectivity index (χ0n) is 8.23. The predicted molar refractivity (Wildman–Crippen MR) is 49.0 cm³/mol. The minimum atomic E-state index is -0.767. The molecule has 0 radical (unpaired) electrons. The Hall–Kier alpha value is -1.26. The van der Waals surface area contributed by atoms with Gasteiger partial charge in [-0.15, -0.1) is 0 Å². The van der Waals surface area contributed by atoms with Gasteiger partial charge in [0.2, 0.25) is 0 Å². The number of hydrogen-bond acceptors (Lipinski definition) is 3. The van der Waals surface area contributed by atoms with Gasteiger partial charge in [-0.25, -0.2) is 4.79 Å². The minimum absolute atomic E-state index is 0.315. The summed E-state index contributed by atoms with van der Waals surface area (Å²) in [5.74, 6) is -1.08. The van der Waals surface area contributed by atoms with Crippen LogP contribution in [-0.4, -0.2) is 42.3 Å². The maximum absolute atomic E-state index is 11.2. The fraction of sp³-hybridized carbons (Fsp3) is 0.778. The van der Waals surface area contributed by atoms with Crippen molar-refractivity contribution in [3.05, 3.63) is 0 Å². The van der Waals surface area contributed by atoms with E-state index in [1.54, 1.807) is 4.90 Å². The van der Waals surface area contributed by atoms with Crippen molar-refractivity contribution in [3.63, 3.8) is 0 Å². The van der Waals surface area contributed by atoms with Gasteiger partial charge in [0.1, 0.15) is 0 Å². The first-order valence-electron chi connectivity index (χ1n) is 4.71. The molecule has 0 aromatic heterocycles. The van der Waals surface area contributed by atoms with Crippen LogP contribution < -0.4 is 0 Å². The summed E-state index contributed by atoms with van der Waals surface area (Å²) in [7, 11) is 1.34. The van der Waals surface area contributed by atoms with Crippen LogP contribution in [0.3, 0.4) is 0 Å². The molecule has 14 heavy (non-hydrogen) atoms. The summed E-state index contributed by atoms with van der Waals surface area (Å²) >= 11 is 0. The standard InChI is InChI=1S/C9H15NO4/c1-14-9(13)10-5-2-3-7(4-6-10)8(11)12/h7H,2-6H2,1H3,(H,11,12). The minimum Gasteiger partial charge on any atom is -0.481 e. The number of carbonyl (C=O) groups is 2. The third-order valence-electron chi connectivity index (χ3n) is 2.51. The van der Waals surface area contributed by atoms with Gasteiger partial charge in [-0.05, 0) is 19.3 Å². The number of rotatable bonds is 1. The van der Waals surface area contributed by atoms with Crippen molar-refractivity contribution in [2.75, 3.05) is 20.2 Å². The van der Waals surface area contributed by atoms with Gasteiger partial charge in [0.05, 0.1) is 13.0 Å². The van der Waals surface area contributed by atoms with Crippen molar-refractivity contribution >= 4 is 12.1 Å². The number of nitrogens with zero attached hydrogens (tertiary/aromatic N) is 1. The summed E-state index contributed by atoms with van der Waals surface area (Å²) in [6.45, 7) is 1.07. The molecule has 0 bridgehead atoms. The maximum atomic E-state index is 11.2. The zero-order valence-corrected chi connectivity index (χ0v) is 8.23. The van der Waals surface area contributed by atoms with E-state index in [0.717, 1.165) is 6.42 Å². The van der Waals surface area contributed by atoms with Crippen molar-refractivity contribution < 1.29 is 19.4 Å². The van der Waals surface area contributed by atoms with Crippen LogP contribution in [0.15, 0.2) is 0 Å². The lowest BCUT2D eigenvalue weighted by Crippen LogP contribution is -2.32. The molecule has 80 valence electrons. The number of methoxy groups -OCH3 is 1. The summed E-state index contributed by atoms with van der Waals surface area (Å²) in [6, 6.07) is 0. The number of likely N-dealkylation sites (tertiary alicyclic amines) is 1. The second-order valence-corrected chi connectivity index (χ2v) is 3.42. The van der Waals surface area contributed by atoms with Crippen LogP contribution in [0.25, 0.3) is 0 Å². The van der Waals surface area contributed by atoms with Crippen LogP contribution >= 0.6 is 0 Å². The molecule has 1 unspecified atom stereocenters. The van der Waals surface area contributed by atoms with Crippen molar-refractivity contribution in [2.24, 2.45) is 5.92 Å². The molecule has 1 atom stereocenters. The SMILES string of the molecule is COC(=O)N1CCCC(C(=O)O)CC1. The van der Waals surface area contributed by atoms with Gasteiger partial charge in [0.25, 0.3) is 0 Å². The monoisotopic (exact) mass is 201 g/mol. The Morgan fingerprint density at radius 3 is 2.64 bits per heavy atom. The number of carboxylic acids is 1. The molecule has 0 saturated carbocycles. The van der Waals surface area contributed by atoms with E-state index in [1.807, 2.05) is 0 Å². The number of carbonyl (C=O) groups excluding carboxylic acids is 1. The quantitative estimate of drug-likeness (QED) is 0.685. The Bertz CT molecular complexity index is 229. The lowest BCUT2D eigenvalue weighted by Gasteiger charge is -2.18. The fourth-order valence-electron chi connectivity index (χ4n) is 1.65. The average Bonchev–Trinajstić information content (AvgIpc) is 2.41.